The second-order valence-electron chi connectivity index (χ2n) is 5.66. The van der Waals surface area contributed by atoms with Crippen LogP contribution in [0.4, 0.5) is 0 Å². The van der Waals surface area contributed by atoms with E-state index in [0.717, 1.165) is 12.8 Å². The number of carbonyl (C=O) groups excluding carboxylic acids is 1. The summed E-state index contributed by atoms with van der Waals surface area (Å²) in [6, 6.07) is 0.306. The van der Waals surface area contributed by atoms with Gasteiger partial charge < -0.3 is 10.0 Å². The van der Waals surface area contributed by atoms with Gasteiger partial charge in [-0.15, -0.1) is 0 Å². The number of hydrogen-bond acceptors (Lipinski definition) is 2. The highest BCUT2D eigenvalue weighted by atomic mass is 16.4. The van der Waals surface area contributed by atoms with Crippen LogP contribution in [0.15, 0.2) is 0 Å². The molecule has 0 bridgehead atoms. The van der Waals surface area contributed by atoms with Gasteiger partial charge in [0.1, 0.15) is 0 Å². The van der Waals surface area contributed by atoms with Crippen LogP contribution in [0, 0.1) is 5.41 Å². The van der Waals surface area contributed by atoms with Crippen molar-refractivity contribution in [2.45, 2.75) is 58.4 Å². The van der Waals surface area contributed by atoms with Crippen molar-refractivity contribution in [2.75, 3.05) is 7.05 Å². The SMILES string of the molecule is CN(C(=O)CC(C)(C)C(=O)O)C1CCCCC1. The lowest BCUT2D eigenvalue weighted by Gasteiger charge is -2.33. The van der Waals surface area contributed by atoms with Gasteiger partial charge in [0.2, 0.25) is 5.91 Å². The fourth-order valence-electron chi connectivity index (χ4n) is 2.25. The molecule has 1 rings (SSSR count). The quantitative estimate of drug-likeness (QED) is 0.821. The van der Waals surface area contributed by atoms with E-state index in [1.54, 1.807) is 25.8 Å². The van der Waals surface area contributed by atoms with Gasteiger partial charge in [0.25, 0.3) is 0 Å². The topological polar surface area (TPSA) is 57.6 Å². The fraction of sp³-hybridized carbons (Fsp3) is 0.846. The van der Waals surface area contributed by atoms with Crippen molar-refractivity contribution in [3.63, 3.8) is 0 Å². The van der Waals surface area contributed by atoms with Crippen LogP contribution in [0.1, 0.15) is 52.4 Å². The van der Waals surface area contributed by atoms with Gasteiger partial charge in [-0.3, -0.25) is 9.59 Å². The fourth-order valence-corrected chi connectivity index (χ4v) is 2.25. The number of carbonyl (C=O) groups is 2. The van der Waals surface area contributed by atoms with Crippen molar-refractivity contribution < 1.29 is 14.7 Å². The summed E-state index contributed by atoms with van der Waals surface area (Å²) in [5.74, 6) is -0.966. The summed E-state index contributed by atoms with van der Waals surface area (Å²) in [6.45, 7) is 3.20. The molecule has 1 fully saturated rings. The summed E-state index contributed by atoms with van der Waals surface area (Å²) < 4.78 is 0. The first kappa shape index (κ1) is 14.0. The highest BCUT2D eigenvalue weighted by Gasteiger charge is 2.33. The second kappa shape index (κ2) is 5.52. The molecule has 17 heavy (non-hydrogen) atoms. The molecule has 0 aliphatic heterocycles. The Balaban J connectivity index is 2.54. The Bertz CT molecular complexity index is 293. The lowest BCUT2D eigenvalue weighted by Crippen LogP contribution is -2.41. The van der Waals surface area contributed by atoms with E-state index in [1.165, 1.54) is 19.3 Å². The van der Waals surface area contributed by atoms with E-state index in [-0.39, 0.29) is 12.3 Å². The summed E-state index contributed by atoms with van der Waals surface area (Å²) in [6.07, 6.45) is 5.77. The highest BCUT2D eigenvalue weighted by Crippen LogP contribution is 2.26. The smallest absolute Gasteiger partial charge is 0.309 e. The Morgan fingerprint density at radius 2 is 1.76 bits per heavy atom. The van der Waals surface area contributed by atoms with Crippen molar-refractivity contribution in [2.24, 2.45) is 5.41 Å². The maximum atomic E-state index is 12.0. The van der Waals surface area contributed by atoms with Gasteiger partial charge in [-0.1, -0.05) is 19.3 Å². The molecule has 0 atom stereocenters. The second-order valence-corrected chi connectivity index (χ2v) is 5.66. The van der Waals surface area contributed by atoms with Crippen LogP contribution < -0.4 is 0 Å². The number of hydrogen-bond donors (Lipinski definition) is 1. The first-order valence-electron chi connectivity index (χ1n) is 6.33. The zero-order valence-electron chi connectivity index (χ0n) is 11.0. The van der Waals surface area contributed by atoms with E-state index in [1.807, 2.05) is 0 Å². The van der Waals surface area contributed by atoms with Gasteiger partial charge in [0.15, 0.2) is 0 Å². The molecule has 0 radical (unpaired) electrons. The minimum atomic E-state index is -0.972. The van der Waals surface area contributed by atoms with Gasteiger partial charge in [0, 0.05) is 19.5 Å². The molecule has 1 aliphatic rings. The molecule has 0 aromatic heterocycles. The third-order valence-electron chi connectivity index (χ3n) is 3.69. The van der Waals surface area contributed by atoms with Gasteiger partial charge in [-0.25, -0.2) is 0 Å². The number of carboxylic acids is 1. The van der Waals surface area contributed by atoms with E-state index in [4.69, 9.17) is 5.11 Å². The Kier molecular flexibility index (Phi) is 4.54. The van der Waals surface area contributed by atoms with Crippen LogP contribution in [0.5, 0.6) is 0 Å². The van der Waals surface area contributed by atoms with Gasteiger partial charge >= 0.3 is 5.97 Å². The van der Waals surface area contributed by atoms with E-state index in [0.29, 0.717) is 6.04 Å². The lowest BCUT2D eigenvalue weighted by atomic mass is 9.88. The predicted octanol–water partition coefficient (Wildman–Crippen LogP) is 2.28. The van der Waals surface area contributed by atoms with Crippen LogP contribution >= 0.6 is 0 Å². The minimum Gasteiger partial charge on any atom is -0.481 e. The first-order valence-corrected chi connectivity index (χ1v) is 6.33. The van der Waals surface area contributed by atoms with Crippen LogP contribution in [-0.4, -0.2) is 35.0 Å². The molecule has 0 heterocycles. The number of amides is 1. The monoisotopic (exact) mass is 241 g/mol. The van der Waals surface area contributed by atoms with Crippen molar-refractivity contribution in [1.29, 1.82) is 0 Å². The lowest BCUT2D eigenvalue weighted by molar-refractivity contribution is -0.151. The van der Waals surface area contributed by atoms with Gasteiger partial charge in [-0.2, -0.15) is 0 Å². The number of rotatable bonds is 4. The molecule has 0 unspecified atom stereocenters. The van der Waals surface area contributed by atoms with E-state index in [2.05, 4.69) is 0 Å². The molecule has 98 valence electrons. The van der Waals surface area contributed by atoms with Crippen LogP contribution in [-0.2, 0) is 9.59 Å². The molecular weight excluding hydrogens is 218 g/mol. The summed E-state index contributed by atoms with van der Waals surface area (Å²) >= 11 is 0. The minimum absolute atomic E-state index is 0.0516. The van der Waals surface area contributed by atoms with Crippen LogP contribution in [0.3, 0.4) is 0 Å². The average Bonchev–Trinajstić information content (AvgIpc) is 2.28. The summed E-state index contributed by atoms with van der Waals surface area (Å²) in [4.78, 5) is 24.8. The van der Waals surface area contributed by atoms with Crippen molar-refractivity contribution in [3.8, 4) is 0 Å². The average molecular weight is 241 g/mol. The number of carboxylic acid groups (broad SMARTS) is 1. The molecule has 0 aromatic carbocycles. The summed E-state index contributed by atoms with van der Waals surface area (Å²) in [5.41, 5.74) is -0.972. The zero-order chi connectivity index (χ0) is 13.1. The molecule has 1 amide bonds. The van der Waals surface area contributed by atoms with Crippen molar-refractivity contribution in [3.05, 3.63) is 0 Å². The molecule has 0 aromatic rings. The number of aliphatic carboxylic acids is 1. The Hall–Kier alpha value is -1.06. The van der Waals surface area contributed by atoms with E-state index >= 15 is 0 Å². The molecule has 4 heteroatoms. The third kappa shape index (κ3) is 3.72. The van der Waals surface area contributed by atoms with Crippen LogP contribution in [0.2, 0.25) is 0 Å². The first-order chi connectivity index (χ1) is 7.84. The summed E-state index contributed by atoms with van der Waals surface area (Å²) in [5, 5.41) is 9.01. The third-order valence-corrected chi connectivity index (χ3v) is 3.69. The summed E-state index contributed by atoms with van der Waals surface area (Å²) in [7, 11) is 1.80. The van der Waals surface area contributed by atoms with E-state index < -0.39 is 11.4 Å². The Morgan fingerprint density at radius 3 is 2.24 bits per heavy atom. The number of nitrogens with zero attached hydrogens (tertiary/aromatic N) is 1. The maximum absolute atomic E-state index is 12.0. The van der Waals surface area contributed by atoms with E-state index in [9.17, 15) is 9.59 Å². The standard InChI is InChI=1S/C13H23NO3/c1-13(2,12(16)17)9-11(15)14(3)10-7-5-4-6-8-10/h10H,4-9H2,1-3H3,(H,16,17). The maximum Gasteiger partial charge on any atom is 0.309 e. The Morgan fingerprint density at radius 1 is 1.24 bits per heavy atom. The largest absolute Gasteiger partial charge is 0.481 e. The molecule has 0 saturated heterocycles. The normalized spacial score (nSPS) is 17.8. The molecule has 1 saturated carbocycles. The highest BCUT2D eigenvalue weighted by molar-refractivity contribution is 5.84. The molecular formula is C13H23NO3. The zero-order valence-corrected chi connectivity index (χ0v) is 11.0. The van der Waals surface area contributed by atoms with Gasteiger partial charge in [-0.05, 0) is 26.7 Å². The van der Waals surface area contributed by atoms with Gasteiger partial charge in [0.05, 0.1) is 5.41 Å². The van der Waals surface area contributed by atoms with Crippen LogP contribution in [0.25, 0.3) is 0 Å². The Labute approximate surface area is 103 Å². The predicted molar refractivity (Wildman–Crippen MR) is 65.7 cm³/mol. The molecule has 0 spiro atoms. The van der Waals surface area contributed by atoms with Crippen molar-refractivity contribution >= 4 is 11.9 Å². The van der Waals surface area contributed by atoms with Crippen molar-refractivity contribution in [1.82, 2.24) is 4.90 Å². The molecule has 1 aliphatic carbocycles. The molecule has 1 N–H and O–H groups in total. The molecule has 4 nitrogen and oxygen atoms in total.